The number of ether oxygens (including phenoxy) is 1. The number of aliphatic hydroxyl groups excluding tert-OH is 1. The highest BCUT2D eigenvalue weighted by molar-refractivity contribution is 5.87. The van der Waals surface area contributed by atoms with Crippen LogP contribution in [0.25, 0.3) is 0 Å². The Hall–Kier alpha value is -1.13. The zero-order valence-electron chi connectivity index (χ0n) is 13.8. The molecule has 1 fully saturated rings. The molecule has 0 bridgehead atoms. The molecule has 0 saturated carbocycles. The minimum atomic E-state index is -0.608. The summed E-state index contributed by atoms with van der Waals surface area (Å²) in [5.74, 6) is 0.231. The van der Waals surface area contributed by atoms with Crippen molar-refractivity contribution >= 4 is 5.91 Å². The largest absolute Gasteiger partial charge is 0.389 e. The van der Waals surface area contributed by atoms with E-state index in [4.69, 9.17) is 9.84 Å². The summed E-state index contributed by atoms with van der Waals surface area (Å²) in [6.07, 6.45) is 6.52. The molecule has 1 rings (SSSR count). The van der Waals surface area contributed by atoms with Crippen LogP contribution in [0.5, 0.6) is 0 Å². The summed E-state index contributed by atoms with van der Waals surface area (Å²) < 4.78 is 6.06. The lowest BCUT2D eigenvalue weighted by Gasteiger charge is -2.39. The fraction of sp³-hybridized carbons (Fsp3) is 0.706. The van der Waals surface area contributed by atoms with Crippen LogP contribution in [-0.2, 0) is 9.53 Å². The van der Waals surface area contributed by atoms with Crippen LogP contribution in [0.4, 0.5) is 0 Å². The highest BCUT2D eigenvalue weighted by Crippen LogP contribution is 2.27. The van der Waals surface area contributed by atoms with Gasteiger partial charge in [-0.15, -0.1) is 0 Å². The van der Waals surface area contributed by atoms with Crippen LogP contribution in [0, 0.1) is 5.92 Å². The molecule has 0 aromatic rings. The second-order valence-electron chi connectivity index (χ2n) is 6.32. The molecule has 21 heavy (non-hydrogen) atoms. The van der Waals surface area contributed by atoms with Crippen molar-refractivity contribution in [2.45, 2.75) is 71.8 Å². The highest BCUT2D eigenvalue weighted by atomic mass is 16.5. The number of carbonyl (C=O) groups excluding carboxylic acids is 1. The van der Waals surface area contributed by atoms with E-state index in [1.165, 1.54) is 17.7 Å². The molecule has 0 aromatic heterocycles. The summed E-state index contributed by atoms with van der Waals surface area (Å²) in [6, 6.07) is 0.0223. The van der Waals surface area contributed by atoms with Crippen LogP contribution in [0.15, 0.2) is 23.8 Å². The third-order valence-corrected chi connectivity index (χ3v) is 3.83. The lowest BCUT2D eigenvalue weighted by Crippen LogP contribution is -2.50. The number of aliphatic hydroxyl groups is 1. The Balaban J connectivity index is 2.53. The Kier molecular flexibility index (Phi) is 7.12. The molecule has 0 radical (unpaired) electrons. The molecule has 0 unspecified atom stereocenters. The van der Waals surface area contributed by atoms with E-state index in [-0.39, 0.29) is 24.2 Å². The van der Waals surface area contributed by atoms with Crippen molar-refractivity contribution in [2.75, 3.05) is 0 Å². The quantitative estimate of drug-likeness (QED) is 0.605. The predicted molar refractivity (Wildman–Crippen MR) is 84.9 cm³/mol. The zero-order valence-corrected chi connectivity index (χ0v) is 13.8. The number of carbonyl (C=O) groups is 1. The van der Waals surface area contributed by atoms with Gasteiger partial charge in [0.2, 0.25) is 5.91 Å². The van der Waals surface area contributed by atoms with E-state index in [0.717, 1.165) is 12.8 Å². The lowest BCUT2D eigenvalue weighted by molar-refractivity contribution is -0.123. The Morgan fingerprint density at radius 1 is 1.43 bits per heavy atom. The van der Waals surface area contributed by atoms with Crippen LogP contribution >= 0.6 is 0 Å². The van der Waals surface area contributed by atoms with Gasteiger partial charge in [0.1, 0.15) is 0 Å². The first kappa shape index (κ1) is 17.9. The van der Waals surface area contributed by atoms with E-state index < -0.39 is 6.10 Å². The Bertz CT molecular complexity index is 397. The van der Waals surface area contributed by atoms with Gasteiger partial charge >= 0.3 is 0 Å². The molecule has 1 aliphatic heterocycles. The average molecular weight is 295 g/mol. The van der Waals surface area contributed by atoms with Gasteiger partial charge < -0.3 is 15.2 Å². The number of rotatable bonds is 5. The van der Waals surface area contributed by atoms with Crippen LogP contribution in [0.2, 0.25) is 0 Å². The lowest BCUT2D eigenvalue weighted by atomic mass is 9.88. The SMILES string of the molecule is CC(C)=CC[C@@H]1O[C@H](C)[C@H](NC(=O)/C=C\[C@H](C)O)C[C@@H]1C. The topological polar surface area (TPSA) is 58.6 Å². The van der Waals surface area contributed by atoms with Crippen molar-refractivity contribution in [1.29, 1.82) is 0 Å². The van der Waals surface area contributed by atoms with Gasteiger partial charge in [-0.25, -0.2) is 0 Å². The molecular weight excluding hydrogens is 266 g/mol. The van der Waals surface area contributed by atoms with Crippen LogP contribution in [0.3, 0.4) is 0 Å². The second kappa shape index (κ2) is 8.35. The maximum Gasteiger partial charge on any atom is 0.244 e. The van der Waals surface area contributed by atoms with Crippen molar-refractivity contribution in [1.82, 2.24) is 5.32 Å². The standard InChI is InChI=1S/C17H29NO3/c1-11(2)6-8-16-12(3)10-15(14(5)21-16)18-17(20)9-7-13(4)19/h6-7,9,12-16,19H,8,10H2,1-5H3,(H,18,20)/b9-7-/t12-,13-,14+,15+,16-/m0/s1. The number of nitrogens with one attached hydrogen (secondary N) is 1. The third kappa shape index (κ3) is 6.44. The van der Waals surface area contributed by atoms with Gasteiger partial charge in [-0.2, -0.15) is 0 Å². The molecule has 4 heteroatoms. The van der Waals surface area contributed by atoms with E-state index in [2.05, 4.69) is 32.2 Å². The molecule has 0 spiro atoms. The summed E-state index contributed by atoms with van der Waals surface area (Å²) in [6.45, 7) is 9.97. The van der Waals surface area contributed by atoms with E-state index >= 15 is 0 Å². The first-order valence-electron chi connectivity index (χ1n) is 7.75. The van der Waals surface area contributed by atoms with Gasteiger partial charge in [-0.05, 0) is 46.5 Å². The van der Waals surface area contributed by atoms with Gasteiger partial charge in [0.15, 0.2) is 0 Å². The normalized spacial score (nSPS) is 31.0. The summed E-state index contributed by atoms with van der Waals surface area (Å²) in [5.41, 5.74) is 1.30. The number of hydrogen-bond acceptors (Lipinski definition) is 3. The molecule has 1 aliphatic rings. The average Bonchev–Trinajstić information content (AvgIpc) is 2.38. The molecular formula is C17H29NO3. The molecule has 0 aromatic carbocycles. The van der Waals surface area contributed by atoms with Crippen molar-refractivity contribution < 1.29 is 14.6 Å². The van der Waals surface area contributed by atoms with Gasteiger partial charge in [0.25, 0.3) is 0 Å². The first-order chi connectivity index (χ1) is 9.79. The molecule has 5 atom stereocenters. The van der Waals surface area contributed by atoms with Crippen LogP contribution in [0.1, 0.15) is 47.5 Å². The molecule has 1 amide bonds. The minimum absolute atomic E-state index is 0.000613. The third-order valence-electron chi connectivity index (χ3n) is 3.83. The van der Waals surface area contributed by atoms with Crippen molar-refractivity contribution in [3.63, 3.8) is 0 Å². The van der Waals surface area contributed by atoms with Crippen LogP contribution < -0.4 is 5.32 Å². The predicted octanol–water partition coefficient (Wildman–Crippen LogP) is 2.58. The second-order valence-corrected chi connectivity index (χ2v) is 6.32. The summed E-state index contributed by atoms with van der Waals surface area (Å²) in [4.78, 5) is 11.8. The maximum absolute atomic E-state index is 11.8. The van der Waals surface area contributed by atoms with E-state index in [1.54, 1.807) is 6.92 Å². The molecule has 1 saturated heterocycles. The van der Waals surface area contributed by atoms with E-state index in [9.17, 15) is 4.79 Å². The Labute approximate surface area is 128 Å². The monoisotopic (exact) mass is 295 g/mol. The summed E-state index contributed by atoms with van der Waals surface area (Å²) in [7, 11) is 0. The number of amides is 1. The molecule has 4 nitrogen and oxygen atoms in total. The highest BCUT2D eigenvalue weighted by Gasteiger charge is 2.33. The van der Waals surface area contributed by atoms with E-state index in [0.29, 0.717) is 5.92 Å². The number of hydrogen-bond donors (Lipinski definition) is 2. The first-order valence-corrected chi connectivity index (χ1v) is 7.75. The Morgan fingerprint density at radius 3 is 2.67 bits per heavy atom. The smallest absolute Gasteiger partial charge is 0.244 e. The van der Waals surface area contributed by atoms with Crippen molar-refractivity contribution in [2.24, 2.45) is 5.92 Å². The van der Waals surface area contributed by atoms with E-state index in [1.807, 2.05) is 6.92 Å². The summed E-state index contributed by atoms with van der Waals surface area (Å²) >= 11 is 0. The zero-order chi connectivity index (χ0) is 16.0. The van der Waals surface area contributed by atoms with Crippen molar-refractivity contribution in [3.05, 3.63) is 23.8 Å². The molecule has 0 aliphatic carbocycles. The molecule has 1 heterocycles. The van der Waals surface area contributed by atoms with Gasteiger partial charge in [-0.1, -0.05) is 24.6 Å². The van der Waals surface area contributed by atoms with Gasteiger partial charge in [0, 0.05) is 6.08 Å². The number of allylic oxidation sites excluding steroid dienone is 1. The maximum atomic E-state index is 11.8. The Morgan fingerprint density at radius 2 is 2.10 bits per heavy atom. The summed E-state index contributed by atoms with van der Waals surface area (Å²) in [5, 5.41) is 12.1. The van der Waals surface area contributed by atoms with Gasteiger partial charge in [-0.3, -0.25) is 4.79 Å². The van der Waals surface area contributed by atoms with Crippen LogP contribution in [-0.4, -0.2) is 35.4 Å². The van der Waals surface area contributed by atoms with Gasteiger partial charge in [0.05, 0.1) is 24.4 Å². The molecule has 120 valence electrons. The molecule has 2 N–H and O–H groups in total. The fourth-order valence-corrected chi connectivity index (χ4v) is 2.52. The van der Waals surface area contributed by atoms with Crippen molar-refractivity contribution in [3.8, 4) is 0 Å². The fourth-order valence-electron chi connectivity index (χ4n) is 2.52. The minimum Gasteiger partial charge on any atom is -0.389 e.